The van der Waals surface area contributed by atoms with E-state index < -0.39 is 0 Å². The third kappa shape index (κ3) is 5.10. The Morgan fingerprint density at radius 1 is 1.25 bits per heavy atom. The molecular weight excluding hydrogens is 436 g/mol. The number of aliphatic imine (C=N–C) groups is 1. The molecule has 3 rings (SSSR count). The van der Waals surface area contributed by atoms with Crippen molar-refractivity contribution in [3.63, 3.8) is 0 Å². The summed E-state index contributed by atoms with van der Waals surface area (Å²) in [6.07, 6.45) is 15.1. The first-order valence-corrected chi connectivity index (χ1v) is 13.9. The molecule has 2 nitrogen and oxygen atoms in total. The van der Waals surface area contributed by atoms with Gasteiger partial charge in [0.15, 0.2) is 0 Å². The molecule has 0 N–H and O–H groups in total. The summed E-state index contributed by atoms with van der Waals surface area (Å²) in [6.45, 7) is 28.8. The van der Waals surface area contributed by atoms with E-state index in [1.165, 1.54) is 29.8 Å². The number of anilines is 1. The third-order valence-electron chi connectivity index (χ3n) is 9.14. The van der Waals surface area contributed by atoms with Gasteiger partial charge in [0, 0.05) is 29.1 Å². The minimum absolute atomic E-state index is 0.0253. The lowest BCUT2D eigenvalue weighted by Gasteiger charge is -2.44. The monoisotopic (exact) mass is 484 g/mol. The van der Waals surface area contributed by atoms with E-state index in [4.69, 9.17) is 6.58 Å². The summed E-state index contributed by atoms with van der Waals surface area (Å²) in [7, 11) is 0. The molecule has 0 radical (unpaired) electrons. The fraction of sp³-hybridized carbons (Fsp3) is 0.500. The van der Waals surface area contributed by atoms with Gasteiger partial charge in [-0.3, -0.25) is 4.99 Å². The Bertz CT molecular complexity index is 1090. The lowest BCUT2D eigenvalue weighted by Crippen LogP contribution is -2.44. The zero-order chi connectivity index (χ0) is 26.7. The summed E-state index contributed by atoms with van der Waals surface area (Å²) >= 11 is 0. The van der Waals surface area contributed by atoms with E-state index in [9.17, 15) is 0 Å². The van der Waals surface area contributed by atoms with Crippen molar-refractivity contribution in [1.29, 1.82) is 0 Å². The predicted octanol–water partition coefficient (Wildman–Crippen LogP) is 9.80. The van der Waals surface area contributed by atoms with E-state index >= 15 is 0 Å². The van der Waals surface area contributed by atoms with Gasteiger partial charge in [0.1, 0.15) is 0 Å². The van der Waals surface area contributed by atoms with Crippen LogP contribution < -0.4 is 4.90 Å². The molecule has 1 aromatic rings. The van der Waals surface area contributed by atoms with Gasteiger partial charge in [-0.25, -0.2) is 0 Å². The minimum Gasteiger partial charge on any atom is -0.341 e. The van der Waals surface area contributed by atoms with E-state index in [1.54, 1.807) is 0 Å². The average Bonchev–Trinajstić information content (AvgIpc) is 3.11. The number of rotatable bonds is 11. The first kappa shape index (κ1) is 28.0. The van der Waals surface area contributed by atoms with Crippen molar-refractivity contribution in [1.82, 2.24) is 0 Å². The third-order valence-corrected chi connectivity index (χ3v) is 9.14. The Labute approximate surface area is 221 Å². The van der Waals surface area contributed by atoms with Crippen molar-refractivity contribution in [3.8, 4) is 0 Å². The highest BCUT2D eigenvalue weighted by Gasteiger charge is 2.49. The molecule has 2 atom stereocenters. The Morgan fingerprint density at radius 3 is 2.47 bits per heavy atom. The molecule has 0 saturated heterocycles. The van der Waals surface area contributed by atoms with Crippen LogP contribution in [0.3, 0.4) is 0 Å². The first-order valence-electron chi connectivity index (χ1n) is 13.9. The summed E-state index contributed by atoms with van der Waals surface area (Å²) in [6, 6.07) is 7.53. The van der Waals surface area contributed by atoms with Crippen LogP contribution in [0.15, 0.2) is 78.1 Å². The fourth-order valence-corrected chi connectivity index (χ4v) is 5.92. The number of hydrogen-bond acceptors (Lipinski definition) is 2. The van der Waals surface area contributed by atoms with E-state index in [0.29, 0.717) is 6.04 Å². The molecule has 2 aliphatic rings. The highest BCUT2D eigenvalue weighted by atomic mass is 15.2. The van der Waals surface area contributed by atoms with E-state index in [-0.39, 0.29) is 10.8 Å². The Balaban J connectivity index is 2.08. The molecule has 2 unspecified atom stereocenters. The van der Waals surface area contributed by atoms with Gasteiger partial charge < -0.3 is 4.90 Å². The number of hydrogen-bond donors (Lipinski definition) is 0. The lowest BCUT2D eigenvalue weighted by molar-refractivity contribution is 0.272. The second-order valence-corrected chi connectivity index (χ2v) is 11.3. The van der Waals surface area contributed by atoms with Crippen molar-refractivity contribution in [2.75, 3.05) is 4.90 Å². The number of allylic oxidation sites excluding steroid dienone is 6. The van der Waals surface area contributed by atoms with Crippen LogP contribution in [-0.4, -0.2) is 12.3 Å². The summed E-state index contributed by atoms with van der Waals surface area (Å²) < 4.78 is 0. The summed E-state index contributed by atoms with van der Waals surface area (Å²) in [5.41, 5.74) is 8.46. The van der Waals surface area contributed by atoms with Crippen molar-refractivity contribution >= 4 is 17.5 Å². The summed E-state index contributed by atoms with van der Waals surface area (Å²) in [4.78, 5) is 7.19. The quantitative estimate of drug-likeness (QED) is 0.173. The van der Waals surface area contributed by atoms with E-state index in [0.717, 1.165) is 54.0 Å². The molecule has 2 heteroatoms. The number of nitrogens with zero attached hydrogens (tertiary/aromatic N) is 2. The van der Waals surface area contributed by atoms with Crippen LogP contribution in [0.5, 0.6) is 0 Å². The van der Waals surface area contributed by atoms with Gasteiger partial charge in [-0.15, -0.1) is 6.58 Å². The highest BCUT2D eigenvalue weighted by Crippen LogP contribution is 2.56. The Kier molecular flexibility index (Phi) is 8.70. The topological polar surface area (TPSA) is 15.6 Å². The smallest absolute Gasteiger partial charge is 0.0657 e. The molecule has 194 valence electrons. The van der Waals surface area contributed by atoms with Crippen LogP contribution in [0.4, 0.5) is 5.69 Å². The molecule has 1 saturated carbocycles. The molecule has 0 amide bonds. The second-order valence-electron chi connectivity index (χ2n) is 11.3. The average molecular weight is 485 g/mol. The van der Waals surface area contributed by atoms with Gasteiger partial charge in [0.2, 0.25) is 0 Å². The van der Waals surface area contributed by atoms with Crippen LogP contribution in [0.25, 0.3) is 5.57 Å². The summed E-state index contributed by atoms with van der Waals surface area (Å²) in [5.74, 6) is 0.784. The molecule has 1 aliphatic carbocycles. The van der Waals surface area contributed by atoms with Gasteiger partial charge in [-0.05, 0) is 105 Å². The van der Waals surface area contributed by atoms with Crippen LogP contribution in [0, 0.1) is 11.3 Å². The number of benzene rings is 1. The molecular formula is C34H48N2. The SMILES string of the molecule is C=CC(C)(CC)CCC1(CC)C(=C)N(C2CC(C)C2)c2cc(C(=C)/C=C(N=CC)\C(C)=C\C)ccc21. The molecule has 0 aromatic heterocycles. The lowest BCUT2D eigenvalue weighted by atomic mass is 9.69. The number of fused-ring (bicyclic) bond motifs is 1. The maximum atomic E-state index is 4.78. The molecule has 0 bridgehead atoms. The second kappa shape index (κ2) is 11.2. The van der Waals surface area contributed by atoms with Crippen LogP contribution in [-0.2, 0) is 5.41 Å². The zero-order valence-electron chi connectivity index (χ0n) is 24.0. The maximum Gasteiger partial charge on any atom is 0.0657 e. The molecule has 1 fully saturated rings. The van der Waals surface area contributed by atoms with Crippen molar-refractivity contribution in [2.24, 2.45) is 16.3 Å². The molecule has 1 aromatic carbocycles. The predicted molar refractivity (Wildman–Crippen MR) is 161 cm³/mol. The van der Waals surface area contributed by atoms with Crippen molar-refractivity contribution in [3.05, 3.63) is 84.3 Å². The zero-order valence-corrected chi connectivity index (χ0v) is 24.0. The maximum absolute atomic E-state index is 4.78. The van der Waals surface area contributed by atoms with Gasteiger partial charge in [0.25, 0.3) is 0 Å². The van der Waals surface area contributed by atoms with Gasteiger partial charge in [-0.1, -0.05) is 65.1 Å². The fourth-order valence-electron chi connectivity index (χ4n) is 5.92. The Hall–Kier alpha value is -2.61. The first-order chi connectivity index (χ1) is 17.1. The van der Waals surface area contributed by atoms with Crippen molar-refractivity contribution in [2.45, 2.75) is 98.4 Å². The van der Waals surface area contributed by atoms with E-state index in [2.05, 4.69) is 101 Å². The van der Waals surface area contributed by atoms with Gasteiger partial charge in [0.05, 0.1) is 5.70 Å². The van der Waals surface area contributed by atoms with Crippen LogP contribution in [0.2, 0.25) is 0 Å². The van der Waals surface area contributed by atoms with Crippen LogP contribution >= 0.6 is 0 Å². The molecule has 36 heavy (non-hydrogen) atoms. The molecule has 0 spiro atoms. The van der Waals surface area contributed by atoms with Crippen LogP contribution in [0.1, 0.15) is 98.1 Å². The minimum atomic E-state index is -0.0253. The van der Waals surface area contributed by atoms with Gasteiger partial charge >= 0.3 is 0 Å². The normalized spacial score (nSPS) is 26.1. The summed E-state index contributed by atoms with van der Waals surface area (Å²) in [5, 5.41) is 0. The standard InChI is InChI=1S/C34H48N2/c1-11-25(7)31(35-15-5)22-26(8)28-16-17-30-32(23-28)36(29-20-24(6)21-29)27(9)34(30,14-4)19-18-33(10,12-2)13-3/h11-12,15-17,22-24,29H,2,8-9,13-14,18-21H2,1,3-7,10H3/b25-11+,31-22+,35-15?. The van der Waals surface area contributed by atoms with Crippen molar-refractivity contribution < 1.29 is 0 Å². The Morgan fingerprint density at radius 2 is 1.94 bits per heavy atom. The van der Waals surface area contributed by atoms with E-state index in [1.807, 2.05) is 13.1 Å². The van der Waals surface area contributed by atoms with Gasteiger partial charge in [-0.2, -0.15) is 0 Å². The largest absolute Gasteiger partial charge is 0.341 e. The highest BCUT2D eigenvalue weighted by molar-refractivity contribution is 5.81. The molecule has 1 heterocycles. The molecule has 1 aliphatic heterocycles.